The Morgan fingerprint density at radius 2 is 2.20 bits per heavy atom. The highest BCUT2D eigenvalue weighted by Gasteiger charge is 2.05. The van der Waals surface area contributed by atoms with E-state index in [0.717, 1.165) is 15.7 Å². The van der Waals surface area contributed by atoms with Crippen molar-refractivity contribution < 1.29 is 0 Å². The van der Waals surface area contributed by atoms with Gasteiger partial charge in [-0.3, -0.25) is 9.67 Å². The highest BCUT2D eigenvalue weighted by molar-refractivity contribution is 7.99. The van der Waals surface area contributed by atoms with Gasteiger partial charge in [0.1, 0.15) is 15.2 Å². The molecule has 0 bridgehead atoms. The third-order valence-corrected chi connectivity index (χ3v) is 2.93. The van der Waals surface area contributed by atoms with Crippen LogP contribution in [0.3, 0.4) is 0 Å². The van der Waals surface area contributed by atoms with E-state index in [1.165, 1.54) is 18.0 Å². The van der Waals surface area contributed by atoms with E-state index in [0.29, 0.717) is 5.15 Å². The van der Waals surface area contributed by atoms with Crippen LogP contribution in [0, 0.1) is 6.92 Å². The maximum Gasteiger partial charge on any atom is 0.148 e. The molecule has 2 heterocycles. The van der Waals surface area contributed by atoms with Crippen LogP contribution in [0.1, 0.15) is 5.69 Å². The monoisotopic (exact) mass is 240 g/mol. The van der Waals surface area contributed by atoms with Crippen molar-refractivity contribution in [2.24, 2.45) is 7.05 Å². The molecule has 0 aliphatic rings. The molecule has 0 unspecified atom stereocenters. The lowest BCUT2D eigenvalue weighted by molar-refractivity contribution is 0.692. The Labute approximate surface area is 96.7 Å². The largest absolute Gasteiger partial charge is 0.261 e. The number of aromatic nitrogens is 4. The Morgan fingerprint density at radius 1 is 1.40 bits per heavy atom. The molecule has 0 saturated heterocycles. The lowest BCUT2D eigenvalue weighted by Crippen LogP contribution is -1.93. The molecule has 0 spiro atoms. The van der Waals surface area contributed by atoms with Crippen LogP contribution in [0.25, 0.3) is 0 Å². The Balaban J connectivity index is 2.25. The van der Waals surface area contributed by atoms with Gasteiger partial charge in [0.2, 0.25) is 0 Å². The quantitative estimate of drug-likeness (QED) is 0.808. The van der Waals surface area contributed by atoms with Crippen LogP contribution in [-0.2, 0) is 7.05 Å². The van der Waals surface area contributed by atoms with Crippen molar-refractivity contribution in [1.29, 1.82) is 0 Å². The highest BCUT2D eigenvalue weighted by atomic mass is 35.5. The predicted molar refractivity (Wildman–Crippen MR) is 59.1 cm³/mol. The van der Waals surface area contributed by atoms with E-state index < -0.39 is 0 Å². The van der Waals surface area contributed by atoms with Crippen LogP contribution in [0.2, 0.25) is 5.15 Å². The molecular formula is C9H9ClN4S. The van der Waals surface area contributed by atoms with Gasteiger partial charge in [0.15, 0.2) is 0 Å². The maximum atomic E-state index is 5.75. The molecule has 2 rings (SSSR count). The second-order valence-corrected chi connectivity index (χ2v) is 4.46. The molecule has 0 atom stereocenters. The van der Waals surface area contributed by atoms with Gasteiger partial charge in [-0.15, -0.1) is 0 Å². The molecule has 0 amide bonds. The van der Waals surface area contributed by atoms with E-state index in [-0.39, 0.29) is 0 Å². The minimum atomic E-state index is 0.402. The van der Waals surface area contributed by atoms with Crippen LogP contribution in [0.15, 0.2) is 28.5 Å². The zero-order valence-corrected chi connectivity index (χ0v) is 9.88. The molecule has 0 fully saturated rings. The zero-order chi connectivity index (χ0) is 10.8. The molecule has 2 aromatic heterocycles. The summed E-state index contributed by atoms with van der Waals surface area (Å²) in [5, 5.41) is 6.43. The molecule has 78 valence electrons. The van der Waals surface area contributed by atoms with Crippen LogP contribution in [0.5, 0.6) is 0 Å². The summed E-state index contributed by atoms with van der Waals surface area (Å²) in [4.78, 5) is 8.12. The third-order valence-electron chi connectivity index (χ3n) is 1.75. The lowest BCUT2D eigenvalue weighted by Gasteiger charge is -2.00. The van der Waals surface area contributed by atoms with E-state index in [9.17, 15) is 0 Å². The van der Waals surface area contributed by atoms with Gasteiger partial charge in [-0.2, -0.15) is 5.10 Å². The summed E-state index contributed by atoms with van der Waals surface area (Å²) in [6.45, 7) is 1.95. The number of hydrogen-bond acceptors (Lipinski definition) is 4. The average Bonchev–Trinajstić information content (AvgIpc) is 2.45. The van der Waals surface area contributed by atoms with Crippen molar-refractivity contribution >= 4 is 23.4 Å². The predicted octanol–water partition coefficient (Wildman–Crippen LogP) is 2.32. The number of rotatable bonds is 2. The van der Waals surface area contributed by atoms with Gasteiger partial charge in [0.05, 0.1) is 18.1 Å². The minimum Gasteiger partial charge on any atom is -0.261 e. The fourth-order valence-electron chi connectivity index (χ4n) is 1.16. The second-order valence-electron chi connectivity index (χ2n) is 3.03. The van der Waals surface area contributed by atoms with E-state index in [1.54, 1.807) is 6.20 Å². The molecule has 2 aromatic rings. The van der Waals surface area contributed by atoms with Crippen LogP contribution < -0.4 is 0 Å². The molecule has 0 N–H and O–H groups in total. The van der Waals surface area contributed by atoms with E-state index in [2.05, 4.69) is 15.1 Å². The van der Waals surface area contributed by atoms with Gasteiger partial charge in [0, 0.05) is 7.05 Å². The molecule has 0 aliphatic carbocycles. The summed E-state index contributed by atoms with van der Waals surface area (Å²) in [6, 6.07) is 1.99. The first-order chi connectivity index (χ1) is 7.15. The summed E-state index contributed by atoms with van der Waals surface area (Å²) >= 11 is 7.24. The van der Waals surface area contributed by atoms with Crippen molar-refractivity contribution in [2.45, 2.75) is 17.0 Å². The molecule has 0 radical (unpaired) electrons. The van der Waals surface area contributed by atoms with E-state index >= 15 is 0 Å². The third kappa shape index (κ3) is 2.49. The lowest BCUT2D eigenvalue weighted by atomic mass is 10.5. The Bertz CT molecular complexity index is 483. The first-order valence-corrected chi connectivity index (χ1v) is 5.50. The topological polar surface area (TPSA) is 43.6 Å². The van der Waals surface area contributed by atoms with Crippen molar-refractivity contribution in [2.75, 3.05) is 0 Å². The molecule has 0 saturated carbocycles. The average molecular weight is 241 g/mol. The Hall–Kier alpha value is -1.07. The number of nitrogens with zero attached hydrogens (tertiary/aromatic N) is 4. The van der Waals surface area contributed by atoms with Crippen molar-refractivity contribution in [3.63, 3.8) is 0 Å². The number of hydrogen-bond donors (Lipinski definition) is 0. The second kappa shape index (κ2) is 4.20. The van der Waals surface area contributed by atoms with Crippen LogP contribution >= 0.6 is 23.4 Å². The van der Waals surface area contributed by atoms with Gasteiger partial charge < -0.3 is 0 Å². The van der Waals surface area contributed by atoms with Gasteiger partial charge in [-0.1, -0.05) is 11.6 Å². The minimum absolute atomic E-state index is 0.402. The number of halogens is 1. The maximum absolute atomic E-state index is 5.75. The summed E-state index contributed by atoms with van der Waals surface area (Å²) < 4.78 is 1.81. The molecule has 0 aliphatic heterocycles. The smallest absolute Gasteiger partial charge is 0.148 e. The van der Waals surface area contributed by atoms with Crippen LogP contribution in [-0.4, -0.2) is 19.7 Å². The van der Waals surface area contributed by atoms with Gasteiger partial charge in [-0.25, -0.2) is 4.98 Å². The zero-order valence-electron chi connectivity index (χ0n) is 8.31. The van der Waals surface area contributed by atoms with Crippen molar-refractivity contribution in [3.8, 4) is 0 Å². The van der Waals surface area contributed by atoms with Gasteiger partial charge in [0.25, 0.3) is 0 Å². The van der Waals surface area contributed by atoms with Crippen molar-refractivity contribution in [3.05, 3.63) is 29.3 Å². The Morgan fingerprint density at radius 3 is 2.80 bits per heavy atom. The summed E-state index contributed by atoms with van der Waals surface area (Å²) in [7, 11) is 1.90. The molecule has 6 heteroatoms. The molecule has 4 nitrogen and oxygen atoms in total. The summed E-state index contributed by atoms with van der Waals surface area (Å²) in [5.41, 5.74) is 0.981. The standard InChI is InChI=1S/C9H9ClN4S/c1-6-3-9(14(2)13-6)15-8-5-11-4-7(10)12-8/h3-5H,1-2H3. The van der Waals surface area contributed by atoms with Gasteiger partial charge >= 0.3 is 0 Å². The first-order valence-electron chi connectivity index (χ1n) is 4.31. The first kappa shape index (κ1) is 10.4. The van der Waals surface area contributed by atoms with E-state index in [1.807, 2.05) is 24.7 Å². The molecular weight excluding hydrogens is 232 g/mol. The molecule has 0 aromatic carbocycles. The highest BCUT2D eigenvalue weighted by Crippen LogP contribution is 2.26. The summed E-state index contributed by atoms with van der Waals surface area (Å²) in [6.07, 6.45) is 3.19. The molecule has 15 heavy (non-hydrogen) atoms. The van der Waals surface area contributed by atoms with Crippen LogP contribution in [0.4, 0.5) is 0 Å². The fraction of sp³-hybridized carbons (Fsp3) is 0.222. The number of aryl methyl sites for hydroxylation is 2. The van der Waals surface area contributed by atoms with Crippen molar-refractivity contribution in [1.82, 2.24) is 19.7 Å². The van der Waals surface area contributed by atoms with E-state index in [4.69, 9.17) is 11.6 Å². The summed E-state index contributed by atoms with van der Waals surface area (Å²) in [5.74, 6) is 0. The fourth-order valence-corrected chi connectivity index (χ4v) is 2.24. The van der Waals surface area contributed by atoms with Gasteiger partial charge in [-0.05, 0) is 24.8 Å². The Kier molecular flexibility index (Phi) is 2.93. The SMILES string of the molecule is Cc1cc(Sc2cncc(Cl)n2)n(C)n1. The normalized spacial score (nSPS) is 10.6.